The number of nitrogens with two attached hydrogens (primary N) is 1. The van der Waals surface area contributed by atoms with E-state index in [1.54, 1.807) is 0 Å². The van der Waals surface area contributed by atoms with Gasteiger partial charge in [-0.3, -0.25) is 10.4 Å². The molecule has 3 aromatic rings. The van der Waals surface area contributed by atoms with E-state index in [0.717, 1.165) is 44.8 Å². The number of nitrogens with one attached hydrogen (secondary N) is 3. The molecule has 0 unspecified atom stereocenters. The van der Waals surface area contributed by atoms with Crippen molar-refractivity contribution in [1.29, 1.82) is 5.41 Å². The molecular weight excluding hydrogens is 502 g/mol. The standard InChI is InChI=1S/C31H33N7O2/c32-31(33)35-16-18-40-20-19-39-17-15-34-26-22-30-28(21-27(26)36-23-9-3-1-4-10-23)37-25-13-7-8-14-29(25)38(30)24-11-5-2-6-12-24/h1-14,21-22,36H,15-20H2,(H4,32,33,35)/b34-26+. The van der Waals surface area contributed by atoms with Crippen LogP contribution in [0.3, 0.4) is 0 Å². The van der Waals surface area contributed by atoms with E-state index in [-0.39, 0.29) is 5.96 Å². The summed E-state index contributed by atoms with van der Waals surface area (Å²) >= 11 is 0. The number of anilines is 2. The van der Waals surface area contributed by atoms with Crippen LogP contribution in [-0.2, 0) is 9.47 Å². The zero-order valence-electron chi connectivity index (χ0n) is 22.2. The van der Waals surface area contributed by atoms with Crippen LogP contribution in [0.2, 0.25) is 0 Å². The number of ether oxygens (including phenoxy) is 2. The molecule has 1 aliphatic heterocycles. The number of rotatable bonds is 12. The highest BCUT2D eigenvalue weighted by Crippen LogP contribution is 2.30. The minimum atomic E-state index is -0.0606. The molecule has 0 saturated heterocycles. The molecule has 0 fully saturated rings. The fourth-order valence-electron chi connectivity index (χ4n) is 4.42. The normalized spacial score (nSPS) is 11.7. The Morgan fingerprint density at radius 1 is 0.850 bits per heavy atom. The third-order valence-electron chi connectivity index (χ3n) is 6.22. The van der Waals surface area contributed by atoms with Crippen LogP contribution in [0.15, 0.2) is 102 Å². The Labute approximate surface area is 233 Å². The van der Waals surface area contributed by atoms with Gasteiger partial charge in [0.1, 0.15) is 0 Å². The molecule has 0 atom stereocenters. The molecule has 0 spiro atoms. The molecule has 2 aliphatic rings. The fraction of sp³-hybridized carbons (Fsp3) is 0.194. The Morgan fingerprint density at radius 2 is 1.55 bits per heavy atom. The lowest BCUT2D eigenvalue weighted by atomic mass is 10.1. The van der Waals surface area contributed by atoms with Crippen molar-refractivity contribution in [1.82, 2.24) is 14.9 Å². The van der Waals surface area contributed by atoms with Gasteiger partial charge < -0.3 is 30.4 Å². The van der Waals surface area contributed by atoms with Crippen LogP contribution in [0.25, 0.3) is 28.1 Å². The summed E-state index contributed by atoms with van der Waals surface area (Å²) in [6.45, 7) is 2.85. The first kappa shape index (κ1) is 26.9. The number of guanidine groups is 1. The van der Waals surface area contributed by atoms with E-state index >= 15 is 0 Å². The quantitative estimate of drug-likeness (QED) is 0.0818. The SMILES string of the molecule is N=C(N)NCCOCCOCC/N=c1\cc2n(-c3ccccc3)c3ccccc3nc-2cc1Nc1ccccc1. The molecule has 0 saturated carbocycles. The van der Waals surface area contributed by atoms with Gasteiger partial charge in [0.05, 0.1) is 66.4 Å². The van der Waals surface area contributed by atoms with Gasteiger partial charge in [-0.2, -0.15) is 0 Å². The van der Waals surface area contributed by atoms with Gasteiger partial charge in [-0.05, 0) is 48.5 Å². The van der Waals surface area contributed by atoms with Crippen molar-refractivity contribution in [2.24, 2.45) is 10.7 Å². The average molecular weight is 536 g/mol. The Kier molecular flexibility index (Phi) is 8.98. The number of fused-ring (bicyclic) bond motifs is 2. The van der Waals surface area contributed by atoms with Crippen molar-refractivity contribution in [3.05, 3.63) is 102 Å². The summed E-state index contributed by atoms with van der Waals surface area (Å²) in [5.41, 5.74) is 11.9. The molecule has 0 radical (unpaired) electrons. The smallest absolute Gasteiger partial charge is 0.185 e. The van der Waals surface area contributed by atoms with Crippen LogP contribution in [0.4, 0.5) is 11.4 Å². The van der Waals surface area contributed by atoms with E-state index in [9.17, 15) is 0 Å². The Balaban J connectivity index is 1.43. The van der Waals surface area contributed by atoms with Crippen LogP contribution in [-0.4, -0.2) is 55.0 Å². The second kappa shape index (κ2) is 13.4. The van der Waals surface area contributed by atoms with Crippen LogP contribution in [0, 0.1) is 5.41 Å². The molecule has 0 aromatic heterocycles. The summed E-state index contributed by atoms with van der Waals surface area (Å²) in [7, 11) is 0. The molecule has 1 heterocycles. The van der Waals surface area contributed by atoms with E-state index in [4.69, 9.17) is 30.6 Å². The van der Waals surface area contributed by atoms with E-state index in [0.29, 0.717) is 39.5 Å². The third-order valence-corrected chi connectivity index (χ3v) is 6.22. The van der Waals surface area contributed by atoms with Gasteiger partial charge in [-0.25, -0.2) is 4.98 Å². The lowest BCUT2D eigenvalue weighted by molar-refractivity contribution is 0.0528. The van der Waals surface area contributed by atoms with Gasteiger partial charge in [-0.15, -0.1) is 0 Å². The highest BCUT2D eigenvalue weighted by atomic mass is 16.5. The van der Waals surface area contributed by atoms with Crippen molar-refractivity contribution >= 4 is 28.4 Å². The molecule has 5 N–H and O–H groups in total. The zero-order chi connectivity index (χ0) is 27.6. The Bertz CT molecular complexity index is 1590. The van der Waals surface area contributed by atoms with Crippen molar-refractivity contribution in [3.8, 4) is 17.1 Å². The largest absolute Gasteiger partial charge is 0.377 e. The Hall–Kier alpha value is -4.73. The number of benzene rings is 4. The van der Waals surface area contributed by atoms with Crippen molar-refractivity contribution in [2.75, 3.05) is 44.8 Å². The highest BCUT2D eigenvalue weighted by molar-refractivity contribution is 5.84. The lowest BCUT2D eigenvalue weighted by Crippen LogP contribution is -2.33. The maximum atomic E-state index is 7.14. The number of hydrogen-bond acceptors (Lipinski definition) is 6. The molecular formula is C31H33N7O2. The summed E-state index contributed by atoms with van der Waals surface area (Å²) in [5, 5.41) is 14.2. The number of para-hydroxylation sites is 4. The van der Waals surface area contributed by atoms with Crippen LogP contribution < -0.4 is 21.7 Å². The van der Waals surface area contributed by atoms with Gasteiger partial charge in [-0.1, -0.05) is 48.5 Å². The van der Waals surface area contributed by atoms with Crippen molar-refractivity contribution < 1.29 is 9.47 Å². The second-order valence-electron chi connectivity index (χ2n) is 9.07. The highest BCUT2D eigenvalue weighted by Gasteiger charge is 2.16. The molecule has 5 rings (SSSR count). The van der Waals surface area contributed by atoms with Crippen molar-refractivity contribution in [2.45, 2.75) is 0 Å². The molecule has 0 amide bonds. The molecule has 3 aromatic carbocycles. The van der Waals surface area contributed by atoms with Crippen LogP contribution in [0.5, 0.6) is 0 Å². The summed E-state index contributed by atoms with van der Waals surface area (Å²) < 4.78 is 13.5. The fourth-order valence-corrected chi connectivity index (χ4v) is 4.42. The minimum Gasteiger partial charge on any atom is -0.377 e. The predicted octanol–water partition coefficient (Wildman–Crippen LogP) is 4.29. The molecule has 1 aliphatic carbocycles. The monoisotopic (exact) mass is 535 g/mol. The summed E-state index contributed by atoms with van der Waals surface area (Å²) in [5.74, 6) is -0.0606. The van der Waals surface area contributed by atoms with Gasteiger partial charge in [0.15, 0.2) is 5.96 Å². The first-order valence-corrected chi connectivity index (χ1v) is 13.3. The summed E-state index contributed by atoms with van der Waals surface area (Å²) in [4.78, 5) is 9.92. The van der Waals surface area contributed by atoms with Crippen molar-refractivity contribution in [3.63, 3.8) is 0 Å². The summed E-state index contributed by atoms with van der Waals surface area (Å²) in [6.07, 6.45) is 0. The molecule has 40 heavy (non-hydrogen) atoms. The predicted molar refractivity (Wildman–Crippen MR) is 159 cm³/mol. The molecule has 204 valence electrons. The Morgan fingerprint density at radius 3 is 2.33 bits per heavy atom. The van der Waals surface area contributed by atoms with Gasteiger partial charge >= 0.3 is 0 Å². The lowest BCUT2D eigenvalue weighted by Gasteiger charge is -2.20. The maximum absolute atomic E-state index is 7.14. The first-order valence-electron chi connectivity index (χ1n) is 13.3. The van der Waals surface area contributed by atoms with Gasteiger partial charge in [0.2, 0.25) is 0 Å². The maximum Gasteiger partial charge on any atom is 0.185 e. The summed E-state index contributed by atoms with van der Waals surface area (Å²) in [6, 6.07) is 32.7. The van der Waals surface area contributed by atoms with Gasteiger partial charge in [0.25, 0.3) is 0 Å². The van der Waals surface area contributed by atoms with E-state index in [1.165, 1.54) is 0 Å². The second-order valence-corrected chi connectivity index (χ2v) is 9.07. The molecule has 9 heteroatoms. The van der Waals surface area contributed by atoms with Crippen LogP contribution >= 0.6 is 0 Å². The molecule has 9 nitrogen and oxygen atoms in total. The molecule has 0 bridgehead atoms. The number of aromatic nitrogens is 2. The number of nitrogens with zero attached hydrogens (tertiary/aromatic N) is 3. The van der Waals surface area contributed by atoms with Gasteiger partial charge in [0, 0.05) is 17.9 Å². The topological polar surface area (TPSA) is 123 Å². The average Bonchev–Trinajstić information content (AvgIpc) is 2.98. The minimum absolute atomic E-state index is 0.0606. The number of hydrogen-bond donors (Lipinski definition) is 4. The first-order chi connectivity index (χ1) is 19.7. The van der Waals surface area contributed by atoms with E-state index in [1.807, 2.05) is 66.7 Å². The third kappa shape index (κ3) is 6.82. The zero-order valence-corrected chi connectivity index (χ0v) is 22.2. The van der Waals surface area contributed by atoms with E-state index in [2.05, 4.69) is 45.5 Å². The van der Waals surface area contributed by atoms with Crippen LogP contribution in [0.1, 0.15) is 0 Å². The van der Waals surface area contributed by atoms with E-state index < -0.39 is 0 Å².